The number of ether oxygens (including phenoxy) is 2. The number of esters is 1. The number of hydrogen-bond donors (Lipinski definition) is 0. The molecule has 3 saturated carbocycles. The summed E-state index contributed by atoms with van der Waals surface area (Å²) in [6.07, 6.45) is 6.86. The van der Waals surface area contributed by atoms with Gasteiger partial charge >= 0.3 is 5.97 Å². The number of carbonyl (C=O) groups is 1. The molecule has 0 aromatic rings. The Morgan fingerprint density at radius 1 is 1.47 bits per heavy atom. The van der Waals surface area contributed by atoms with Gasteiger partial charge in [-0.25, -0.2) is 4.79 Å². The topological polar surface area (TPSA) is 35.5 Å². The number of carbonyl (C=O) groups excluding carboxylic acids is 1. The summed E-state index contributed by atoms with van der Waals surface area (Å²) in [5.74, 6) is 2.53. The van der Waals surface area contributed by atoms with Crippen molar-refractivity contribution < 1.29 is 14.3 Å². The molecular formula is C14H18O3. The Kier molecular flexibility index (Phi) is 1.87. The van der Waals surface area contributed by atoms with E-state index in [-0.39, 0.29) is 11.6 Å². The summed E-state index contributed by atoms with van der Waals surface area (Å²) in [6.45, 7) is 4.02. The molecule has 17 heavy (non-hydrogen) atoms. The van der Waals surface area contributed by atoms with Gasteiger partial charge in [-0.05, 0) is 42.9 Å². The van der Waals surface area contributed by atoms with Crippen LogP contribution in [-0.2, 0) is 14.3 Å². The molecule has 3 heteroatoms. The molecule has 4 bridgehead atoms. The van der Waals surface area contributed by atoms with Crippen molar-refractivity contribution in [2.24, 2.45) is 23.7 Å². The monoisotopic (exact) mass is 234 g/mol. The van der Waals surface area contributed by atoms with Gasteiger partial charge < -0.3 is 9.47 Å². The van der Waals surface area contributed by atoms with Gasteiger partial charge in [0.15, 0.2) is 0 Å². The minimum absolute atomic E-state index is 0.272. The molecule has 2 saturated heterocycles. The van der Waals surface area contributed by atoms with Gasteiger partial charge in [-0.3, -0.25) is 0 Å². The largest absolute Gasteiger partial charge is 0.462 e. The quantitative estimate of drug-likeness (QED) is 0.553. The maximum absolute atomic E-state index is 11.1. The van der Waals surface area contributed by atoms with E-state index in [1.165, 1.54) is 31.8 Å². The number of rotatable bonds is 3. The van der Waals surface area contributed by atoms with Crippen LogP contribution in [0.5, 0.6) is 0 Å². The average molecular weight is 234 g/mol. The van der Waals surface area contributed by atoms with Crippen molar-refractivity contribution in [3.63, 3.8) is 0 Å². The molecule has 5 fully saturated rings. The van der Waals surface area contributed by atoms with Crippen LogP contribution < -0.4 is 0 Å². The van der Waals surface area contributed by atoms with Gasteiger partial charge in [-0.2, -0.15) is 0 Å². The molecule has 0 aromatic heterocycles. The van der Waals surface area contributed by atoms with Gasteiger partial charge in [0.25, 0.3) is 0 Å². The summed E-state index contributed by atoms with van der Waals surface area (Å²) < 4.78 is 11.3. The molecule has 3 nitrogen and oxygen atoms in total. The van der Waals surface area contributed by atoms with Crippen molar-refractivity contribution in [2.75, 3.05) is 6.61 Å². The van der Waals surface area contributed by atoms with Gasteiger partial charge in [0.05, 0.1) is 18.3 Å². The molecular weight excluding hydrogens is 216 g/mol. The average Bonchev–Trinajstić information content (AvgIpc) is 2.96. The van der Waals surface area contributed by atoms with E-state index in [0.29, 0.717) is 18.6 Å². The van der Waals surface area contributed by atoms with Crippen LogP contribution in [0.2, 0.25) is 0 Å². The highest BCUT2D eigenvalue weighted by atomic mass is 16.5. The van der Waals surface area contributed by atoms with E-state index in [4.69, 9.17) is 9.47 Å². The molecule has 5 aliphatic rings. The lowest BCUT2D eigenvalue weighted by atomic mass is 9.72. The summed E-state index contributed by atoms with van der Waals surface area (Å²) in [6, 6.07) is 0. The third-order valence-corrected chi connectivity index (χ3v) is 5.64. The smallest absolute Gasteiger partial charge is 0.330 e. The zero-order valence-electron chi connectivity index (χ0n) is 9.93. The molecule has 0 amide bonds. The third-order valence-electron chi connectivity index (χ3n) is 5.64. The van der Waals surface area contributed by atoms with Gasteiger partial charge in [0.2, 0.25) is 0 Å². The van der Waals surface area contributed by atoms with Crippen LogP contribution in [0.3, 0.4) is 0 Å². The Bertz CT molecular complexity index is 383. The molecule has 2 heterocycles. The van der Waals surface area contributed by atoms with E-state index >= 15 is 0 Å². The predicted octanol–water partition coefficient (Wildman–Crippen LogP) is 1.92. The Hall–Kier alpha value is -0.830. The maximum Gasteiger partial charge on any atom is 0.330 e. The zero-order valence-corrected chi connectivity index (χ0v) is 9.93. The molecule has 5 rings (SSSR count). The second kappa shape index (κ2) is 3.14. The first-order chi connectivity index (χ1) is 8.23. The fourth-order valence-electron chi connectivity index (χ4n) is 5.10. The van der Waals surface area contributed by atoms with Crippen LogP contribution in [0.1, 0.15) is 25.7 Å². The van der Waals surface area contributed by atoms with Gasteiger partial charge in [0.1, 0.15) is 0 Å². The van der Waals surface area contributed by atoms with Crippen LogP contribution in [-0.4, -0.2) is 24.3 Å². The molecule has 0 N–H and O–H groups in total. The van der Waals surface area contributed by atoms with Crippen molar-refractivity contribution >= 4 is 5.97 Å². The van der Waals surface area contributed by atoms with Gasteiger partial charge in [-0.1, -0.05) is 6.58 Å². The minimum atomic E-state index is -0.283. The van der Waals surface area contributed by atoms with Gasteiger partial charge in [-0.15, -0.1) is 0 Å². The first kappa shape index (κ1) is 10.1. The number of fused-ring (bicyclic) bond motifs is 2. The number of hydrogen-bond acceptors (Lipinski definition) is 3. The van der Waals surface area contributed by atoms with Crippen molar-refractivity contribution in [3.05, 3.63) is 12.7 Å². The zero-order chi connectivity index (χ0) is 11.6. The summed E-state index contributed by atoms with van der Waals surface area (Å²) in [4.78, 5) is 11.1. The highest BCUT2D eigenvalue weighted by Crippen LogP contribution is 2.70. The lowest BCUT2D eigenvalue weighted by Crippen LogP contribution is -2.50. The maximum atomic E-state index is 11.1. The molecule has 6 atom stereocenters. The Morgan fingerprint density at radius 3 is 3.06 bits per heavy atom. The van der Waals surface area contributed by atoms with E-state index < -0.39 is 0 Å². The first-order valence-corrected chi connectivity index (χ1v) is 6.70. The Morgan fingerprint density at radius 2 is 2.29 bits per heavy atom. The fraction of sp³-hybridized carbons (Fsp3) is 0.786. The van der Waals surface area contributed by atoms with Crippen LogP contribution in [0.15, 0.2) is 12.7 Å². The molecule has 92 valence electrons. The van der Waals surface area contributed by atoms with Gasteiger partial charge in [0, 0.05) is 12.5 Å². The molecule has 0 radical (unpaired) electrons. The second-order valence-electron chi connectivity index (χ2n) is 6.17. The standard InChI is InChI=1S/C14H18O3/c1-2-13(15)16-7-8-3-9-4-11(8)12-5-10-6-14(9,12)17-10/h2,8-12H,1,3-7H2. The van der Waals surface area contributed by atoms with E-state index in [2.05, 4.69) is 6.58 Å². The first-order valence-electron chi connectivity index (χ1n) is 6.70. The summed E-state index contributed by atoms with van der Waals surface area (Å²) in [5, 5.41) is 0. The molecule has 3 aliphatic carbocycles. The molecule has 1 spiro atoms. The molecule has 2 aliphatic heterocycles. The van der Waals surface area contributed by atoms with Crippen molar-refractivity contribution in [2.45, 2.75) is 37.4 Å². The Balaban J connectivity index is 1.45. The van der Waals surface area contributed by atoms with Crippen molar-refractivity contribution in [1.29, 1.82) is 0 Å². The highest BCUT2D eigenvalue weighted by molar-refractivity contribution is 5.81. The minimum Gasteiger partial charge on any atom is -0.462 e. The third kappa shape index (κ3) is 1.13. The van der Waals surface area contributed by atoms with E-state index in [1.807, 2.05) is 0 Å². The van der Waals surface area contributed by atoms with E-state index in [0.717, 1.165) is 17.8 Å². The Labute approximate surface area is 101 Å². The van der Waals surface area contributed by atoms with Crippen LogP contribution >= 0.6 is 0 Å². The summed E-state index contributed by atoms with van der Waals surface area (Å²) in [7, 11) is 0. The van der Waals surface area contributed by atoms with E-state index in [1.54, 1.807) is 0 Å². The lowest BCUT2D eigenvalue weighted by molar-refractivity contribution is -0.193. The van der Waals surface area contributed by atoms with Crippen molar-refractivity contribution in [1.82, 2.24) is 0 Å². The second-order valence-corrected chi connectivity index (χ2v) is 6.17. The normalized spacial score (nSPS) is 53.1. The lowest BCUT2D eigenvalue weighted by Gasteiger charge is -2.46. The van der Waals surface area contributed by atoms with Crippen LogP contribution in [0.4, 0.5) is 0 Å². The van der Waals surface area contributed by atoms with Crippen LogP contribution in [0, 0.1) is 23.7 Å². The summed E-state index contributed by atoms with van der Waals surface area (Å²) in [5.41, 5.74) is 0.272. The molecule has 0 aromatic carbocycles. The van der Waals surface area contributed by atoms with Crippen LogP contribution in [0.25, 0.3) is 0 Å². The molecule has 6 unspecified atom stereocenters. The summed E-state index contributed by atoms with van der Waals surface area (Å²) >= 11 is 0. The SMILES string of the molecule is C=CC(=O)OCC1CC2CC1C1CC3CC21O3. The highest BCUT2D eigenvalue weighted by Gasteiger charge is 2.72. The fourth-order valence-corrected chi connectivity index (χ4v) is 5.10. The predicted molar refractivity (Wildman–Crippen MR) is 61.2 cm³/mol. The van der Waals surface area contributed by atoms with E-state index in [9.17, 15) is 4.79 Å². The van der Waals surface area contributed by atoms with Crippen molar-refractivity contribution in [3.8, 4) is 0 Å².